The Kier molecular flexibility index (Phi) is 3.99. The molecule has 3 aromatic rings. The average molecular weight is 411 g/mol. The van der Waals surface area contributed by atoms with Crippen LogP contribution in [0.2, 0.25) is 0 Å². The summed E-state index contributed by atoms with van der Waals surface area (Å²) in [5, 5.41) is 14.8. The van der Waals surface area contributed by atoms with Crippen LogP contribution in [0, 0.1) is 10.1 Å². The molecular formula is C16H12F3N5O5. The smallest absolute Gasteiger partial charge is 0.436 e. The number of halogens is 3. The predicted octanol–water partition coefficient (Wildman–Crippen LogP) is 2.48. The van der Waals surface area contributed by atoms with E-state index in [2.05, 4.69) is 10.1 Å². The summed E-state index contributed by atoms with van der Waals surface area (Å²) in [5.41, 5.74) is -1.61. The molecule has 1 unspecified atom stereocenters. The van der Waals surface area contributed by atoms with Crippen molar-refractivity contribution in [3.8, 4) is 17.5 Å². The molecule has 10 nitrogen and oxygen atoms in total. The fourth-order valence-corrected chi connectivity index (χ4v) is 3.01. The van der Waals surface area contributed by atoms with Crippen LogP contribution in [0.1, 0.15) is 12.5 Å². The Morgan fingerprint density at radius 3 is 2.59 bits per heavy atom. The highest BCUT2D eigenvalue weighted by molar-refractivity contribution is 5.53. The number of alkyl halides is 3. The first kappa shape index (κ1) is 18.7. The van der Waals surface area contributed by atoms with E-state index in [-0.39, 0.29) is 36.4 Å². The van der Waals surface area contributed by atoms with Crippen LogP contribution < -0.4 is 10.5 Å². The van der Waals surface area contributed by atoms with Crippen molar-refractivity contribution in [2.75, 3.05) is 0 Å². The van der Waals surface area contributed by atoms with Crippen molar-refractivity contribution in [1.29, 1.82) is 0 Å². The molecule has 0 bridgehead atoms. The van der Waals surface area contributed by atoms with Gasteiger partial charge in [0.1, 0.15) is 11.8 Å². The van der Waals surface area contributed by atoms with Crippen molar-refractivity contribution in [3.05, 3.63) is 56.7 Å². The number of rotatable bonds is 4. The van der Waals surface area contributed by atoms with Gasteiger partial charge in [0, 0.05) is 10.5 Å². The Labute approximate surface area is 159 Å². The number of imidazole rings is 1. The van der Waals surface area contributed by atoms with Crippen LogP contribution in [0.3, 0.4) is 0 Å². The van der Waals surface area contributed by atoms with Gasteiger partial charge >= 0.3 is 23.8 Å². The zero-order chi connectivity index (χ0) is 21.0. The van der Waals surface area contributed by atoms with Gasteiger partial charge in [-0.15, -0.1) is 5.10 Å². The molecule has 0 aliphatic carbocycles. The van der Waals surface area contributed by atoms with Crippen molar-refractivity contribution in [1.82, 2.24) is 19.3 Å². The summed E-state index contributed by atoms with van der Waals surface area (Å²) in [6, 6.07) is 4.07. The van der Waals surface area contributed by atoms with Gasteiger partial charge in [-0.1, -0.05) is 0 Å². The first-order chi connectivity index (χ1) is 13.5. The van der Waals surface area contributed by atoms with E-state index in [1.54, 1.807) is 6.92 Å². The Morgan fingerprint density at radius 1 is 1.31 bits per heavy atom. The highest BCUT2D eigenvalue weighted by atomic mass is 19.4. The molecule has 0 saturated carbocycles. The van der Waals surface area contributed by atoms with E-state index in [9.17, 15) is 28.1 Å². The van der Waals surface area contributed by atoms with Crippen LogP contribution >= 0.6 is 0 Å². The molecule has 0 amide bonds. The van der Waals surface area contributed by atoms with Gasteiger partial charge in [-0.3, -0.25) is 4.57 Å². The van der Waals surface area contributed by atoms with E-state index in [1.807, 2.05) is 0 Å². The number of ether oxygens (including phenoxy) is 1. The minimum absolute atomic E-state index is 0.0405. The van der Waals surface area contributed by atoms with Crippen LogP contribution in [0.15, 0.2) is 39.7 Å². The molecule has 1 aliphatic heterocycles. The molecule has 29 heavy (non-hydrogen) atoms. The molecule has 1 atom stereocenters. The quantitative estimate of drug-likeness (QED) is 0.478. The second-order valence-corrected chi connectivity index (χ2v) is 6.72. The summed E-state index contributed by atoms with van der Waals surface area (Å²) in [7, 11) is 0. The van der Waals surface area contributed by atoms with Crippen molar-refractivity contribution in [3.63, 3.8) is 0 Å². The summed E-state index contributed by atoms with van der Waals surface area (Å²) in [6.07, 6.45) is -3.26. The Balaban J connectivity index is 1.54. The monoisotopic (exact) mass is 411 g/mol. The van der Waals surface area contributed by atoms with Gasteiger partial charge < -0.3 is 19.3 Å². The minimum atomic E-state index is -4.48. The molecule has 1 aliphatic rings. The summed E-state index contributed by atoms with van der Waals surface area (Å²) in [4.78, 5) is 26.0. The number of hydrogen-bond donors (Lipinski definition) is 0. The van der Waals surface area contributed by atoms with E-state index in [0.717, 1.165) is 28.9 Å². The number of aromatic nitrogens is 4. The van der Waals surface area contributed by atoms with Crippen molar-refractivity contribution < 1.29 is 27.2 Å². The van der Waals surface area contributed by atoms with Gasteiger partial charge in [0.05, 0.1) is 18.7 Å². The topological polar surface area (TPSA) is 118 Å². The predicted molar refractivity (Wildman–Crippen MR) is 89.1 cm³/mol. The minimum Gasteiger partial charge on any atom is -0.436 e. The SMILES string of the molecule is CC1(Cn2nc(-c3ccc(C(F)(F)F)cc3)oc2=O)Cn2cc([N+](=O)[O-])nc2O1. The molecule has 4 rings (SSSR count). The highest BCUT2D eigenvalue weighted by Gasteiger charge is 2.41. The summed E-state index contributed by atoms with van der Waals surface area (Å²) in [5.74, 6) is -1.32. The fraction of sp³-hybridized carbons (Fsp3) is 0.312. The summed E-state index contributed by atoms with van der Waals surface area (Å²) in [6.45, 7) is 1.78. The maximum absolute atomic E-state index is 12.7. The van der Waals surface area contributed by atoms with Crippen LogP contribution in [0.25, 0.3) is 11.5 Å². The van der Waals surface area contributed by atoms with Crippen molar-refractivity contribution in [2.24, 2.45) is 0 Å². The molecule has 0 saturated heterocycles. The van der Waals surface area contributed by atoms with Gasteiger partial charge in [-0.2, -0.15) is 17.9 Å². The molecule has 0 fully saturated rings. The van der Waals surface area contributed by atoms with E-state index < -0.39 is 28.0 Å². The Bertz CT molecular complexity index is 1120. The van der Waals surface area contributed by atoms with Crippen LogP contribution in [0.5, 0.6) is 6.01 Å². The Hall–Kier alpha value is -3.64. The number of nitro groups is 1. The van der Waals surface area contributed by atoms with Crippen LogP contribution in [-0.4, -0.2) is 29.9 Å². The molecular weight excluding hydrogens is 399 g/mol. The average Bonchev–Trinajstić information content (AvgIpc) is 3.26. The standard InChI is InChI=1S/C16H12F3N5O5/c1-15(7-22-6-11(24(26)27)20-13(22)29-15)8-23-14(25)28-12(21-23)9-2-4-10(5-3-9)16(17,18)19/h2-6H,7-8H2,1H3. The van der Waals surface area contributed by atoms with E-state index in [4.69, 9.17) is 9.15 Å². The normalized spacial score (nSPS) is 18.5. The third-order valence-corrected chi connectivity index (χ3v) is 4.31. The zero-order valence-corrected chi connectivity index (χ0v) is 14.7. The maximum atomic E-state index is 12.7. The lowest BCUT2D eigenvalue weighted by atomic mass is 10.1. The van der Waals surface area contributed by atoms with Crippen LogP contribution in [-0.2, 0) is 19.3 Å². The first-order valence-corrected chi connectivity index (χ1v) is 8.20. The number of hydrogen-bond acceptors (Lipinski definition) is 7. The summed E-state index contributed by atoms with van der Waals surface area (Å²) < 4.78 is 51.1. The second kappa shape index (κ2) is 6.18. The molecule has 152 valence electrons. The fourth-order valence-electron chi connectivity index (χ4n) is 3.01. The lowest BCUT2D eigenvalue weighted by Crippen LogP contribution is -2.39. The lowest BCUT2D eigenvalue weighted by molar-refractivity contribution is -0.389. The first-order valence-electron chi connectivity index (χ1n) is 8.20. The molecule has 0 spiro atoms. The highest BCUT2D eigenvalue weighted by Crippen LogP contribution is 2.32. The van der Waals surface area contributed by atoms with Crippen LogP contribution in [0.4, 0.5) is 19.0 Å². The molecule has 1 aromatic carbocycles. The third-order valence-electron chi connectivity index (χ3n) is 4.31. The second-order valence-electron chi connectivity index (χ2n) is 6.72. The molecule has 3 heterocycles. The number of nitrogens with zero attached hydrogens (tertiary/aromatic N) is 5. The molecule has 0 radical (unpaired) electrons. The molecule has 2 aromatic heterocycles. The largest absolute Gasteiger partial charge is 0.437 e. The third kappa shape index (κ3) is 3.46. The van der Waals surface area contributed by atoms with Gasteiger partial charge in [0.25, 0.3) is 0 Å². The molecule has 13 heteroatoms. The Morgan fingerprint density at radius 2 is 2.00 bits per heavy atom. The lowest BCUT2D eigenvalue weighted by Gasteiger charge is -2.20. The zero-order valence-electron chi connectivity index (χ0n) is 14.7. The summed E-state index contributed by atoms with van der Waals surface area (Å²) >= 11 is 0. The van der Waals surface area contributed by atoms with Gasteiger partial charge in [0.15, 0.2) is 0 Å². The maximum Gasteiger partial charge on any atom is 0.437 e. The van der Waals surface area contributed by atoms with E-state index in [0.29, 0.717) is 0 Å². The van der Waals surface area contributed by atoms with Gasteiger partial charge in [-0.25, -0.2) is 4.79 Å². The number of fused-ring (bicyclic) bond motifs is 1. The van der Waals surface area contributed by atoms with E-state index in [1.165, 1.54) is 10.8 Å². The van der Waals surface area contributed by atoms with E-state index >= 15 is 0 Å². The number of benzene rings is 1. The molecule has 0 N–H and O–H groups in total. The van der Waals surface area contributed by atoms with Gasteiger partial charge in [0.2, 0.25) is 5.89 Å². The van der Waals surface area contributed by atoms with Crippen molar-refractivity contribution in [2.45, 2.75) is 31.8 Å². The van der Waals surface area contributed by atoms with Gasteiger partial charge in [-0.05, 0) is 36.1 Å². The van der Waals surface area contributed by atoms with Crippen molar-refractivity contribution >= 4 is 5.82 Å².